The van der Waals surface area contributed by atoms with E-state index in [0.717, 1.165) is 50.0 Å². The highest BCUT2D eigenvalue weighted by Crippen LogP contribution is 2.36. The summed E-state index contributed by atoms with van der Waals surface area (Å²) in [5.41, 5.74) is -1.22. The lowest BCUT2D eigenvalue weighted by Crippen LogP contribution is -2.44. The van der Waals surface area contributed by atoms with E-state index < -0.39 is 30.1 Å². The molecule has 2 amide bonds. The molecule has 1 aromatic rings. The number of carbonyl (C=O) groups excluding carboxylic acids is 2. The Kier molecular flexibility index (Phi) is 5.85. The van der Waals surface area contributed by atoms with Gasteiger partial charge in [0.1, 0.15) is 6.54 Å². The maximum absolute atomic E-state index is 13.1. The second-order valence-electron chi connectivity index (χ2n) is 6.02. The lowest BCUT2D eigenvalue weighted by molar-refractivity contribution is -0.137. The van der Waals surface area contributed by atoms with E-state index in [1.54, 1.807) is 0 Å². The lowest BCUT2D eigenvalue weighted by Gasteiger charge is -2.27. The van der Waals surface area contributed by atoms with Gasteiger partial charge in [-0.2, -0.15) is 13.2 Å². The third-order valence-electron chi connectivity index (χ3n) is 4.15. The molecule has 0 unspecified atom stereocenters. The van der Waals surface area contributed by atoms with E-state index in [4.69, 9.17) is 0 Å². The van der Waals surface area contributed by atoms with Crippen molar-refractivity contribution in [1.82, 2.24) is 5.32 Å². The number of nitrogens with zero attached hydrogens (tertiary/aromatic N) is 1. The van der Waals surface area contributed by atoms with Crippen LogP contribution in [0.1, 0.15) is 44.6 Å². The van der Waals surface area contributed by atoms with Crippen molar-refractivity contribution in [2.45, 2.75) is 51.2 Å². The Morgan fingerprint density at radius 2 is 1.79 bits per heavy atom. The number of hydrogen-bond acceptors (Lipinski definition) is 2. The standard InChI is InChI=1S/C17H21F3N2O2/c1-12(23)22(11-16(24)21-13-7-3-2-4-8-13)15-10-6-5-9-14(15)17(18,19)20/h5-6,9-10,13H,2-4,7-8,11H2,1H3,(H,21,24). The van der Waals surface area contributed by atoms with Crippen molar-refractivity contribution in [3.05, 3.63) is 29.8 Å². The van der Waals surface area contributed by atoms with Crippen LogP contribution >= 0.6 is 0 Å². The van der Waals surface area contributed by atoms with Crippen molar-refractivity contribution in [1.29, 1.82) is 0 Å². The molecule has 2 rings (SSSR count). The second kappa shape index (κ2) is 7.68. The van der Waals surface area contributed by atoms with Gasteiger partial charge in [-0.15, -0.1) is 0 Å². The Hall–Kier alpha value is -2.05. The molecule has 1 saturated carbocycles. The topological polar surface area (TPSA) is 49.4 Å². The summed E-state index contributed by atoms with van der Waals surface area (Å²) in [5, 5.41) is 2.82. The van der Waals surface area contributed by atoms with Gasteiger partial charge in [-0.05, 0) is 25.0 Å². The van der Waals surface area contributed by atoms with Crippen LogP contribution in [0.25, 0.3) is 0 Å². The van der Waals surface area contributed by atoms with Gasteiger partial charge in [0.15, 0.2) is 0 Å². The first-order valence-electron chi connectivity index (χ1n) is 8.02. The van der Waals surface area contributed by atoms with Crippen molar-refractivity contribution in [3.8, 4) is 0 Å². The molecule has 132 valence electrons. The molecular weight excluding hydrogens is 321 g/mol. The molecule has 0 saturated heterocycles. The number of carbonyl (C=O) groups is 2. The first kappa shape index (κ1) is 18.3. The predicted octanol–water partition coefficient (Wildman–Crippen LogP) is 3.51. The highest BCUT2D eigenvalue weighted by Gasteiger charge is 2.35. The van der Waals surface area contributed by atoms with Crippen LogP contribution < -0.4 is 10.2 Å². The molecule has 1 aliphatic rings. The SMILES string of the molecule is CC(=O)N(CC(=O)NC1CCCCC1)c1ccccc1C(F)(F)F. The number of nitrogens with one attached hydrogen (secondary N) is 1. The minimum Gasteiger partial charge on any atom is -0.352 e. The third kappa shape index (κ3) is 4.72. The number of amides is 2. The summed E-state index contributed by atoms with van der Waals surface area (Å²) in [6.45, 7) is 0.736. The molecule has 1 fully saturated rings. The molecule has 0 radical (unpaired) electrons. The molecule has 0 bridgehead atoms. The summed E-state index contributed by atoms with van der Waals surface area (Å²) in [6, 6.07) is 4.83. The molecule has 24 heavy (non-hydrogen) atoms. The molecule has 0 atom stereocenters. The highest BCUT2D eigenvalue weighted by molar-refractivity contribution is 5.98. The summed E-state index contributed by atoms with van der Waals surface area (Å²) < 4.78 is 39.4. The smallest absolute Gasteiger partial charge is 0.352 e. The molecular formula is C17H21F3N2O2. The van der Waals surface area contributed by atoms with E-state index >= 15 is 0 Å². The first-order chi connectivity index (χ1) is 11.3. The van der Waals surface area contributed by atoms with Gasteiger partial charge >= 0.3 is 6.18 Å². The van der Waals surface area contributed by atoms with Crippen LogP contribution in [0.3, 0.4) is 0 Å². The highest BCUT2D eigenvalue weighted by atomic mass is 19.4. The van der Waals surface area contributed by atoms with Gasteiger partial charge in [-0.3, -0.25) is 9.59 Å². The Labute approximate surface area is 139 Å². The summed E-state index contributed by atoms with van der Waals surface area (Å²) >= 11 is 0. The van der Waals surface area contributed by atoms with Crippen LogP contribution in [-0.2, 0) is 15.8 Å². The largest absolute Gasteiger partial charge is 0.418 e. The van der Waals surface area contributed by atoms with E-state index in [1.807, 2.05) is 0 Å². The Bertz CT molecular complexity index is 596. The van der Waals surface area contributed by atoms with Crippen molar-refractivity contribution in [2.24, 2.45) is 0 Å². The van der Waals surface area contributed by atoms with Crippen molar-refractivity contribution >= 4 is 17.5 Å². The molecule has 0 spiro atoms. The van der Waals surface area contributed by atoms with Crippen molar-refractivity contribution in [3.63, 3.8) is 0 Å². The summed E-state index contributed by atoms with van der Waals surface area (Å²) in [6.07, 6.45) is 0.321. The Morgan fingerprint density at radius 1 is 1.17 bits per heavy atom. The average molecular weight is 342 g/mol. The summed E-state index contributed by atoms with van der Waals surface area (Å²) in [7, 11) is 0. The second-order valence-corrected chi connectivity index (χ2v) is 6.02. The fraction of sp³-hybridized carbons (Fsp3) is 0.529. The number of hydrogen-bond donors (Lipinski definition) is 1. The van der Waals surface area contributed by atoms with Gasteiger partial charge in [0.2, 0.25) is 11.8 Å². The minimum absolute atomic E-state index is 0.0397. The number of para-hydroxylation sites is 1. The molecule has 1 N–H and O–H groups in total. The van der Waals surface area contributed by atoms with Gasteiger partial charge in [-0.1, -0.05) is 31.4 Å². The zero-order valence-corrected chi connectivity index (χ0v) is 13.5. The number of alkyl halides is 3. The van der Waals surface area contributed by atoms with Gasteiger partial charge in [0.25, 0.3) is 0 Å². The molecule has 0 aromatic heterocycles. The Balaban J connectivity index is 2.15. The third-order valence-corrected chi connectivity index (χ3v) is 4.15. The summed E-state index contributed by atoms with van der Waals surface area (Å²) in [5.74, 6) is -1.04. The fourth-order valence-corrected chi connectivity index (χ4v) is 2.98. The average Bonchev–Trinajstić information content (AvgIpc) is 2.52. The van der Waals surface area contributed by atoms with Crippen molar-refractivity contribution in [2.75, 3.05) is 11.4 Å². The van der Waals surface area contributed by atoms with Crippen LogP contribution in [0.5, 0.6) is 0 Å². The zero-order chi connectivity index (χ0) is 17.7. The first-order valence-corrected chi connectivity index (χ1v) is 8.02. The Morgan fingerprint density at radius 3 is 2.38 bits per heavy atom. The van der Waals surface area contributed by atoms with Crippen LogP contribution in [0.2, 0.25) is 0 Å². The van der Waals surface area contributed by atoms with E-state index in [1.165, 1.54) is 18.2 Å². The quantitative estimate of drug-likeness (QED) is 0.910. The normalized spacial score (nSPS) is 15.8. The molecule has 7 heteroatoms. The van der Waals surface area contributed by atoms with Gasteiger partial charge in [0, 0.05) is 13.0 Å². The monoisotopic (exact) mass is 342 g/mol. The zero-order valence-electron chi connectivity index (χ0n) is 13.5. The van der Waals surface area contributed by atoms with E-state index in [0.29, 0.717) is 0 Å². The molecule has 1 aromatic carbocycles. The van der Waals surface area contributed by atoms with Crippen LogP contribution in [0.15, 0.2) is 24.3 Å². The molecule has 4 nitrogen and oxygen atoms in total. The number of rotatable bonds is 4. The van der Waals surface area contributed by atoms with E-state index in [-0.39, 0.29) is 11.7 Å². The number of halogens is 3. The van der Waals surface area contributed by atoms with Crippen LogP contribution in [-0.4, -0.2) is 24.4 Å². The maximum Gasteiger partial charge on any atom is 0.418 e. The fourth-order valence-electron chi connectivity index (χ4n) is 2.98. The van der Waals surface area contributed by atoms with Crippen molar-refractivity contribution < 1.29 is 22.8 Å². The predicted molar refractivity (Wildman–Crippen MR) is 84.5 cm³/mol. The van der Waals surface area contributed by atoms with Crippen LogP contribution in [0.4, 0.5) is 18.9 Å². The number of benzene rings is 1. The van der Waals surface area contributed by atoms with Gasteiger partial charge < -0.3 is 10.2 Å². The number of anilines is 1. The van der Waals surface area contributed by atoms with Gasteiger partial charge in [-0.25, -0.2) is 0 Å². The van der Waals surface area contributed by atoms with E-state index in [9.17, 15) is 22.8 Å². The lowest BCUT2D eigenvalue weighted by atomic mass is 9.95. The summed E-state index contributed by atoms with van der Waals surface area (Å²) in [4.78, 5) is 24.9. The molecule has 0 heterocycles. The molecule has 0 aliphatic heterocycles. The van der Waals surface area contributed by atoms with E-state index in [2.05, 4.69) is 5.32 Å². The van der Waals surface area contributed by atoms with Gasteiger partial charge in [0.05, 0.1) is 11.3 Å². The molecule has 1 aliphatic carbocycles. The minimum atomic E-state index is -4.59. The maximum atomic E-state index is 13.1. The van der Waals surface area contributed by atoms with Crippen LogP contribution in [0, 0.1) is 0 Å².